The minimum atomic E-state index is -0.959. The van der Waals surface area contributed by atoms with Crippen LogP contribution in [-0.4, -0.2) is 60.1 Å². The number of carbonyl (C=O) groups excluding carboxylic acids is 2. The normalized spacial score (nSPS) is 21.2. The topological polar surface area (TPSA) is 87.2 Å². The van der Waals surface area contributed by atoms with Gasteiger partial charge < -0.3 is 19.6 Å². The zero-order valence-corrected chi connectivity index (χ0v) is 13.3. The molecule has 2 amide bonds. The van der Waals surface area contributed by atoms with Gasteiger partial charge in [-0.2, -0.15) is 0 Å². The molecule has 2 aliphatic heterocycles. The predicted octanol–water partition coefficient (Wildman–Crippen LogP) is 1.13. The number of amides is 2. The summed E-state index contributed by atoms with van der Waals surface area (Å²) in [6.07, 6.45) is 1.21. The lowest BCUT2D eigenvalue weighted by Gasteiger charge is -2.35. The summed E-state index contributed by atoms with van der Waals surface area (Å²) >= 11 is 0. The summed E-state index contributed by atoms with van der Waals surface area (Å²) in [5.74, 6) is -1.12. The minimum absolute atomic E-state index is 0.0646. The molecule has 0 spiro atoms. The summed E-state index contributed by atoms with van der Waals surface area (Å²) in [5, 5.41) is 9.02. The number of aliphatic carboxylic acids is 1. The van der Waals surface area contributed by atoms with Crippen LogP contribution in [0.4, 0.5) is 5.69 Å². The van der Waals surface area contributed by atoms with E-state index >= 15 is 0 Å². The lowest BCUT2D eigenvalue weighted by atomic mass is 10.1. The molecule has 24 heavy (non-hydrogen) atoms. The molecular weight excluding hydrogens is 312 g/mol. The SMILES string of the molecule is O=C(O)CC1COCCN1C(=O)c1cccc(N2CCCC2=O)c1. The van der Waals surface area contributed by atoms with Gasteiger partial charge in [0.25, 0.3) is 5.91 Å². The van der Waals surface area contributed by atoms with Crippen molar-refractivity contribution in [3.63, 3.8) is 0 Å². The van der Waals surface area contributed by atoms with Crippen LogP contribution < -0.4 is 4.90 Å². The molecule has 1 aromatic rings. The Kier molecular flexibility index (Phi) is 4.80. The van der Waals surface area contributed by atoms with Crippen molar-refractivity contribution in [2.24, 2.45) is 0 Å². The van der Waals surface area contributed by atoms with E-state index in [0.29, 0.717) is 37.4 Å². The Balaban J connectivity index is 1.80. The third-order valence-corrected chi connectivity index (χ3v) is 4.38. The molecular formula is C17H20N2O5. The molecule has 7 heteroatoms. The van der Waals surface area contributed by atoms with Crippen LogP contribution >= 0.6 is 0 Å². The van der Waals surface area contributed by atoms with Crippen molar-refractivity contribution in [2.45, 2.75) is 25.3 Å². The van der Waals surface area contributed by atoms with Crippen molar-refractivity contribution < 1.29 is 24.2 Å². The van der Waals surface area contributed by atoms with Crippen molar-refractivity contribution in [3.05, 3.63) is 29.8 Å². The average molecular weight is 332 g/mol. The molecule has 1 N–H and O–H groups in total. The van der Waals surface area contributed by atoms with Gasteiger partial charge in [0, 0.05) is 30.8 Å². The number of hydrogen-bond acceptors (Lipinski definition) is 4. The smallest absolute Gasteiger partial charge is 0.305 e. The molecule has 0 saturated carbocycles. The lowest BCUT2D eigenvalue weighted by molar-refractivity contribution is -0.139. The number of benzene rings is 1. The van der Waals surface area contributed by atoms with Crippen LogP contribution in [0, 0.1) is 0 Å². The van der Waals surface area contributed by atoms with Gasteiger partial charge in [0.15, 0.2) is 0 Å². The molecule has 2 heterocycles. The molecule has 2 fully saturated rings. The number of morpholine rings is 1. The fraction of sp³-hybridized carbons (Fsp3) is 0.471. The van der Waals surface area contributed by atoms with Crippen LogP contribution in [0.2, 0.25) is 0 Å². The van der Waals surface area contributed by atoms with Crippen molar-refractivity contribution in [3.8, 4) is 0 Å². The summed E-state index contributed by atoms with van der Waals surface area (Å²) in [4.78, 5) is 38.9. The Bertz CT molecular complexity index is 660. The van der Waals surface area contributed by atoms with E-state index in [0.717, 1.165) is 6.42 Å². The molecule has 0 bridgehead atoms. The first-order chi connectivity index (χ1) is 11.6. The number of ether oxygens (including phenoxy) is 1. The Labute approximate surface area is 139 Å². The highest BCUT2D eigenvalue weighted by Crippen LogP contribution is 2.24. The molecule has 7 nitrogen and oxygen atoms in total. The molecule has 1 aromatic carbocycles. The van der Waals surface area contributed by atoms with E-state index in [-0.39, 0.29) is 24.8 Å². The number of anilines is 1. The largest absolute Gasteiger partial charge is 0.481 e. The Hall–Kier alpha value is -2.41. The molecule has 2 aliphatic rings. The number of carboxylic acid groups (broad SMARTS) is 1. The standard InChI is InChI=1S/C17H20N2O5/c20-15-5-2-6-18(15)13-4-1-3-12(9-13)17(23)19-7-8-24-11-14(19)10-16(21)22/h1,3-4,9,14H,2,5-8,10-11H2,(H,21,22). The summed E-state index contributed by atoms with van der Waals surface area (Å²) < 4.78 is 5.31. The van der Waals surface area contributed by atoms with Crippen molar-refractivity contribution in [1.29, 1.82) is 0 Å². The quantitative estimate of drug-likeness (QED) is 0.893. The minimum Gasteiger partial charge on any atom is -0.481 e. The van der Waals surface area contributed by atoms with Crippen LogP contribution in [0.25, 0.3) is 0 Å². The molecule has 0 aliphatic carbocycles. The Morgan fingerprint density at radius 1 is 1.29 bits per heavy atom. The van der Waals surface area contributed by atoms with Gasteiger partial charge in [0.05, 0.1) is 25.7 Å². The predicted molar refractivity (Wildman–Crippen MR) is 85.9 cm³/mol. The van der Waals surface area contributed by atoms with Gasteiger partial charge in [-0.25, -0.2) is 0 Å². The number of rotatable bonds is 4. The molecule has 0 aromatic heterocycles. The van der Waals surface area contributed by atoms with Gasteiger partial charge in [0.1, 0.15) is 0 Å². The van der Waals surface area contributed by atoms with Crippen molar-refractivity contribution >= 4 is 23.5 Å². The van der Waals surface area contributed by atoms with Gasteiger partial charge in [-0.1, -0.05) is 6.07 Å². The second-order valence-electron chi connectivity index (χ2n) is 6.02. The van der Waals surface area contributed by atoms with E-state index in [1.165, 1.54) is 0 Å². The Morgan fingerprint density at radius 3 is 2.83 bits per heavy atom. The van der Waals surface area contributed by atoms with Crippen LogP contribution in [0.5, 0.6) is 0 Å². The summed E-state index contributed by atoms with van der Waals surface area (Å²) in [6, 6.07) is 6.49. The molecule has 2 saturated heterocycles. The second kappa shape index (κ2) is 7.00. The highest BCUT2D eigenvalue weighted by molar-refractivity contribution is 5.99. The van der Waals surface area contributed by atoms with E-state index in [1.54, 1.807) is 28.0 Å². The summed E-state index contributed by atoms with van der Waals surface area (Å²) in [7, 11) is 0. The third-order valence-electron chi connectivity index (χ3n) is 4.38. The van der Waals surface area contributed by atoms with Gasteiger partial charge >= 0.3 is 5.97 Å². The number of carboxylic acids is 1. The zero-order valence-electron chi connectivity index (χ0n) is 13.3. The van der Waals surface area contributed by atoms with Gasteiger partial charge in [0.2, 0.25) is 5.91 Å². The highest BCUT2D eigenvalue weighted by Gasteiger charge is 2.30. The first-order valence-electron chi connectivity index (χ1n) is 8.07. The average Bonchev–Trinajstić information content (AvgIpc) is 3.00. The molecule has 128 valence electrons. The summed E-state index contributed by atoms with van der Waals surface area (Å²) in [5.41, 5.74) is 1.18. The van der Waals surface area contributed by atoms with Crippen LogP contribution in [0.3, 0.4) is 0 Å². The van der Waals surface area contributed by atoms with Gasteiger partial charge in [-0.15, -0.1) is 0 Å². The van der Waals surface area contributed by atoms with Crippen LogP contribution in [0.1, 0.15) is 29.6 Å². The first kappa shape index (κ1) is 16.4. The molecule has 3 rings (SSSR count). The fourth-order valence-electron chi connectivity index (χ4n) is 3.19. The first-order valence-corrected chi connectivity index (χ1v) is 8.07. The maximum atomic E-state index is 12.8. The van der Waals surface area contributed by atoms with Gasteiger partial charge in [-0.05, 0) is 24.6 Å². The fourth-order valence-corrected chi connectivity index (χ4v) is 3.19. The monoisotopic (exact) mass is 332 g/mol. The van der Waals surface area contributed by atoms with E-state index in [9.17, 15) is 14.4 Å². The number of nitrogens with zero attached hydrogens (tertiary/aromatic N) is 2. The van der Waals surface area contributed by atoms with Crippen LogP contribution in [0.15, 0.2) is 24.3 Å². The molecule has 1 unspecified atom stereocenters. The lowest BCUT2D eigenvalue weighted by Crippen LogP contribution is -2.49. The molecule has 0 radical (unpaired) electrons. The number of carbonyl (C=O) groups is 3. The third kappa shape index (κ3) is 3.41. The maximum Gasteiger partial charge on any atom is 0.305 e. The van der Waals surface area contributed by atoms with Gasteiger partial charge in [-0.3, -0.25) is 14.4 Å². The van der Waals surface area contributed by atoms with E-state index in [2.05, 4.69) is 0 Å². The number of hydrogen-bond donors (Lipinski definition) is 1. The van der Waals surface area contributed by atoms with Crippen molar-refractivity contribution in [2.75, 3.05) is 31.2 Å². The van der Waals surface area contributed by atoms with E-state index in [4.69, 9.17) is 9.84 Å². The molecule has 1 atom stereocenters. The van der Waals surface area contributed by atoms with E-state index in [1.807, 2.05) is 6.07 Å². The summed E-state index contributed by atoms with van der Waals surface area (Å²) in [6.45, 7) is 1.65. The highest BCUT2D eigenvalue weighted by atomic mass is 16.5. The van der Waals surface area contributed by atoms with Crippen LogP contribution in [-0.2, 0) is 14.3 Å². The van der Waals surface area contributed by atoms with Crippen molar-refractivity contribution in [1.82, 2.24) is 4.90 Å². The maximum absolute atomic E-state index is 12.8. The zero-order chi connectivity index (χ0) is 17.1. The second-order valence-corrected chi connectivity index (χ2v) is 6.02. The van der Waals surface area contributed by atoms with E-state index < -0.39 is 12.0 Å². The Morgan fingerprint density at radius 2 is 2.12 bits per heavy atom.